The Morgan fingerprint density at radius 2 is 1.96 bits per heavy atom. The number of hydrogen-bond acceptors (Lipinski definition) is 3. The minimum absolute atomic E-state index is 0.0794. The van der Waals surface area contributed by atoms with Crippen molar-refractivity contribution < 1.29 is 19.1 Å². The molecule has 2 aromatic rings. The highest BCUT2D eigenvalue weighted by atomic mass is 35.5. The molecule has 136 valence electrons. The number of pyridine rings is 1. The van der Waals surface area contributed by atoms with Gasteiger partial charge in [-0.1, -0.05) is 11.6 Å². The van der Waals surface area contributed by atoms with Crippen molar-refractivity contribution in [1.82, 2.24) is 9.47 Å². The van der Waals surface area contributed by atoms with Gasteiger partial charge >= 0.3 is 5.97 Å². The summed E-state index contributed by atoms with van der Waals surface area (Å²) >= 11 is 5.87. The van der Waals surface area contributed by atoms with E-state index in [4.69, 9.17) is 11.6 Å². The number of carboxylic acids is 1. The molecule has 1 aromatic heterocycles. The number of rotatable bonds is 3. The highest BCUT2D eigenvalue weighted by Crippen LogP contribution is 2.38. The molecule has 1 aromatic carbocycles. The van der Waals surface area contributed by atoms with Crippen molar-refractivity contribution in [2.75, 3.05) is 6.54 Å². The predicted octanol–water partition coefficient (Wildman–Crippen LogP) is 2.82. The molecule has 1 unspecified atom stereocenters. The summed E-state index contributed by atoms with van der Waals surface area (Å²) in [5.74, 6) is -2.43. The molecule has 1 saturated heterocycles. The first-order valence-electron chi connectivity index (χ1n) is 8.46. The number of aromatic nitrogens is 1. The standard InChI is InChI=1S/C18H16ClFN2O4/c19-12-7-15-10(6-13(12)20)16(23)11(8-22(15)9-3-4-9)17(24)21-5-1-2-14(21)18(25)26/h6-9,14H,1-5H2,(H,25,26). The Morgan fingerprint density at radius 1 is 1.23 bits per heavy atom. The van der Waals surface area contributed by atoms with E-state index in [1.807, 2.05) is 0 Å². The van der Waals surface area contributed by atoms with Crippen molar-refractivity contribution >= 4 is 34.4 Å². The van der Waals surface area contributed by atoms with Gasteiger partial charge in [0.05, 0.1) is 10.5 Å². The zero-order chi connectivity index (χ0) is 18.6. The molecule has 2 fully saturated rings. The van der Waals surface area contributed by atoms with E-state index in [0.717, 1.165) is 18.9 Å². The second kappa shape index (κ2) is 6.09. The lowest BCUT2D eigenvalue weighted by Gasteiger charge is -2.22. The normalized spacial score (nSPS) is 19.9. The monoisotopic (exact) mass is 378 g/mol. The largest absolute Gasteiger partial charge is 0.480 e. The highest BCUT2D eigenvalue weighted by molar-refractivity contribution is 6.31. The Hall–Kier alpha value is -2.41. The molecule has 0 radical (unpaired) electrons. The summed E-state index contributed by atoms with van der Waals surface area (Å²) in [7, 11) is 0. The molecule has 6 nitrogen and oxygen atoms in total. The fourth-order valence-corrected chi connectivity index (χ4v) is 3.73. The smallest absolute Gasteiger partial charge is 0.326 e. The molecule has 8 heteroatoms. The molecule has 26 heavy (non-hydrogen) atoms. The molecule has 0 spiro atoms. The topological polar surface area (TPSA) is 79.6 Å². The van der Waals surface area contributed by atoms with E-state index in [2.05, 4.69) is 0 Å². The van der Waals surface area contributed by atoms with Crippen LogP contribution in [-0.4, -0.2) is 39.0 Å². The van der Waals surface area contributed by atoms with Crippen molar-refractivity contribution in [2.45, 2.75) is 37.8 Å². The zero-order valence-electron chi connectivity index (χ0n) is 13.7. The van der Waals surface area contributed by atoms with Crippen LogP contribution >= 0.6 is 11.6 Å². The summed E-state index contributed by atoms with van der Waals surface area (Å²) in [5.41, 5.74) is -0.246. The summed E-state index contributed by atoms with van der Waals surface area (Å²) in [6.45, 7) is 0.283. The van der Waals surface area contributed by atoms with Gasteiger partial charge in [-0.3, -0.25) is 9.59 Å². The van der Waals surface area contributed by atoms with E-state index >= 15 is 0 Å². The molecular formula is C18H16ClFN2O4. The van der Waals surface area contributed by atoms with Gasteiger partial charge in [0.1, 0.15) is 17.4 Å². The molecule has 2 heterocycles. The number of hydrogen-bond donors (Lipinski definition) is 1. The Labute approximate surface area is 152 Å². The number of benzene rings is 1. The number of carbonyl (C=O) groups is 2. The second-order valence-corrected chi connectivity index (χ2v) is 7.20. The van der Waals surface area contributed by atoms with Gasteiger partial charge in [-0.15, -0.1) is 0 Å². The summed E-state index contributed by atoms with van der Waals surface area (Å²) < 4.78 is 15.7. The maximum atomic E-state index is 13.9. The molecule has 0 bridgehead atoms. The maximum absolute atomic E-state index is 13.9. The fourth-order valence-electron chi connectivity index (χ4n) is 3.57. The number of aliphatic carboxylic acids is 1. The molecule has 1 aliphatic heterocycles. The quantitative estimate of drug-likeness (QED) is 0.890. The van der Waals surface area contributed by atoms with E-state index in [0.29, 0.717) is 18.4 Å². The SMILES string of the molecule is O=C(O)C1CCCN1C(=O)c1cn(C2CC2)c2cc(Cl)c(F)cc2c1=O. The number of carboxylic acid groups (broad SMARTS) is 1. The number of likely N-dealkylation sites (tertiary alicyclic amines) is 1. The van der Waals surface area contributed by atoms with E-state index in [9.17, 15) is 23.9 Å². The summed E-state index contributed by atoms with van der Waals surface area (Å²) in [5, 5.41) is 9.29. The molecule has 1 atom stereocenters. The summed E-state index contributed by atoms with van der Waals surface area (Å²) in [4.78, 5) is 38.3. The van der Waals surface area contributed by atoms with Gasteiger partial charge in [0, 0.05) is 24.2 Å². The average molecular weight is 379 g/mol. The minimum Gasteiger partial charge on any atom is -0.480 e. The summed E-state index contributed by atoms with van der Waals surface area (Å²) in [6, 6.07) is 1.64. The van der Waals surface area contributed by atoms with Gasteiger partial charge in [0.2, 0.25) is 5.43 Å². The number of nitrogens with zero attached hydrogens (tertiary/aromatic N) is 2. The van der Waals surface area contributed by atoms with Gasteiger partial charge in [0.15, 0.2) is 0 Å². The van der Waals surface area contributed by atoms with E-state index < -0.39 is 29.2 Å². The van der Waals surface area contributed by atoms with Crippen LogP contribution in [0.15, 0.2) is 23.1 Å². The van der Waals surface area contributed by atoms with Crippen molar-refractivity contribution in [3.05, 3.63) is 45.0 Å². The van der Waals surface area contributed by atoms with Crippen LogP contribution in [0.25, 0.3) is 10.9 Å². The molecule has 1 aliphatic carbocycles. The van der Waals surface area contributed by atoms with Crippen LogP contribution in [0.1, 0.15) is 42.1 Å². The van der Waals surface area contributed by atoms with E-state index in [-0.39, 0.29) is 28.6 Å². The summed E-state index contributed by atoms with van der Waals surface area (Å²) in [6.07, 6.45) is 4.17. The van der Waals surface area contributed by atoms with E-state index in [1.165, 1.54) is 17.2 Å². The Kier molecular flexibility index (Phi) is 3.99. The third-order valence-corrected chi connectivity index (χ3v) is 5.33. The molecule has 2 aliphatic rings. The van der Waals surface area contributed by atoms with Crippen LogP contribution in [0, 0.1) is 5.82 Å². The lowest BCUT2D eigenvalue weighted by atomic mass is 10.1. The molecule has 1 amide bonds. The average Bonchev–Trinajstić information content (AvgIpc) is 3.31. The first-order chi connectivity index (χ1) is 12.4. The number of halogens is 2. The van der Waals surface area contributed by atoms with Gasteiger partial charge in [-0.25, -0.2) is 9.18 Å². The Bertz CT molecular complexity index is 999. The Morgan fingerprint density at radius 3 is 2.62 bits per heavy atom. The van der Waals surface area contributed by atoms with Crippen LogP contribution < -0.4 is 5.43 Å². The van der Waals surface area contributed by atoms with Gasteiger partial charge in [0.25, 0.3) is 5.91 Å². The minimum atomic E-state index is -1.09. The van der Waals surface area contributed by atoms with E-state index in [1.54, 1.807) is 4.57 Å². The second-order valence-electron chi connectivity index (χ2n) is 6.79. The van der Waals surface area contributed by atoms with Gasteiger partial charge in [-0.05, 0) is 37.8 Å². The number of amides is 1. The maximum Gasteiger partial charge on any atom is 0.326 e. The van der Waals surface area contributed by atoms with Crippen LogP contribution in [0.3, 0.4) is 0 Å². The van der Waals surface area contributed by atoms with Crippen LogP contribution in [0.2, 0.25) is 5.02 Å². The molecular weight excluding hydrogens is 363 g/mol. The fraction of sp³-hybridized carbons (Fsp3) is 0.389. The molecule has 1 N–H and O–H groups in total. The first-order valence-corrected chi connectivity index (χ1v) is 8.84. The Balaban J connectivity index is 1.89. The van der Waals surface area contributed by atoms with Crippen LogP contribution in [0.5, 0.6) is 0 Å². The zero-order valence-corrected chi connectivity index (χ0v) is 14.5. The van der Waals surface area contributed by atoms with Crippen molar-refractivity contribution in [2.24, 2.45) is 0 Å². The lowest BCUT2D eigenvalue weighted by Crippen LogP contribution is -2.42. The van der Waals surface area contributed by atoms with Crippen LogP contribution in [0.4, 0.5) is 4.39 Å². The van der Waals surface area contributed by atoms with Crippen molar-refractivity contribution in [3.8, 4) is 0 Å². The van der Waals surface area contributed by atoms with Crippen molar-refractivity contribution in [1.29, 1.82) is 0 Å². The van der Waals surface area contributed by atoms with Crippen LogP contribution in [-0.2, 0) is 4.79 Å². The highest BCUT2D eigenvalue weighted by Gasteiger charge is 2.36. The van der Waals surface area contributed by atoms with Crippen molar-refractivity contribution in [3.63, 3.8) is 0 Å². The van der Waals surface area contributed by atoms with Gasteiger partial charge in [-0.2, -0.15) is 0 Å². The third-order valence-electron chi connectivity index (χ3n) is 5.04. The van der Waals surface area contributed by atoms with Gasteiger partial charge < -0.3 is 14.6 Å². The third kappa shape index (κ3) is 2.67. The lowest BCUT2D eigenvalue weighted by molar-refractivity contribution is -0.141. The first kappa shape index (κ1) is 17.0. The molecule has 1 saturated carbocycles. The predicted molar refractivity (Wildman–Crippen MR) is 93.1 cm³/mol. The number of carbonyl (C=O) groups excluding carboxylic acids is 1. The molecule has 4 rings (SSSR count). The number of fused-ring (bicyclic) bond motifs is 1.